The molecule has 1 aliphatic heterocycles. The molecule has 3 rings (SSSR count). The van der Waals surface area contributed by atoms with Crippen LogP contribution < -0.4 is 0 Å². The molecule has 168 valence electrons. The number of hydrogen-bond acceptors (Lipinski definition) is 5. The maximum atomic E-state index is 12.6. The molecule has 8 unspecified atom stereocenters. The summed E-state index contributed by atoms with van der Waals surface area (Å²) >= 11 is 2.41. The molecule has 0 spiro atoms. The van der Waals surface area contributed by atoms with Gasteiger partial charge in [0, 0.05) is 16.8 Å². The second-order valence-corrected chi connectivity index (χ2v) is 10.2. The highest BCUT2D eigenvalue weighted by molar-refractivity contribution is 14.1. The first-order valence-corrected chi connectivity index (χ1v) is 12.9. The number of carbonyl (C=O) groups excluding carboxylic acids is 2. The summed E-state index contributed by atoms with van der Waals surface area (Å²) in [5, 5.41) is 9.92. The number of carbonyl (C=O) groups is 2. The third-order valence-corrected chi connectivity index (χ3v) is 8.15. The largest absolute Gasteiger partial charge is 0.462 e. The molecule has 3 aliphatic rings. The monoisotopic (exact) mass is 530 g/mol. The predicted molar refractivity (Wildman–Crippen MR) is 124 cm³/mol. The van der Waals surface area contributed by atoms with E-state index in [9.17, 15) is 14.7 Å². The Kier molecular flexibility index (Phi) is 8.41. The SMILES string of the molecule is CCC(C)C(=O)OC1CC(CI)C=C2C=CC(C)C(CCC3CC(O)CC(=O)O3)C21. The lowest BCUT2D eigenvalue weighted by atomic mass is 9.65. The first kappa shape index (κ1) is 23.8. The highest BCUT2D eigenvalue weighted by Crippen LogP contribution is 2.45. The van der Waals surface area contributed by atoms with Crippen LogP contribution in [0.2, 0.25) is 0 Å². The first-order chi connectivity index (χ1) is 14.3. The molecule has 0 aromatic heterocycles. The molecule has 1 N–H and O–H groups in total. The maximum Gasteiger partial charge on any atom is 0.308 e. The number of aliphatic hydroxyl groups is 1. The van der Waals surface area contributed by atoms with Crippen LogP contribution in [0.5, 0.6) is 0 Å². The lowest BCUT2D eigenvalue weighted by Gasteiger charge is -2.44. The molecule has 0 saturated carbocycles. The molecule has 30 heavy (non-hydrogen) atoms. The van der Waals surface area contributed by atoms with Gasteiger partial charge in [-0.05, 0) is 49.0 Å². The minimum Gasteiger partial charge on any atom is -0.462 e. The number of allylic oxidation sites excluding steroid dienone is 3. The Morgan fingerprint density at radius 1 is 1.37 bits per heavy atom. The number of cyclic esters (lactones) is 1. The highest BCUT2D eigenvalue weighted by Gasteiger charge is 2.42. The summed E-state index contributed by atoms with van der Waals surface area (Å²) < 4.78 is 12.6. The molecule has 0 amide bonds. The van der Waals surface area contributed by atoms with E-state index in [-0.39, 0.29) is 42.4 Å². The molecule has 0 bridgehead atoms. The van der Waals surface area contributed by atoms with E-state index < -0.39 is 6.10 Å². The summed E-state index contributed by atoms with van der Waals surface area (Å²) in [6, 6.07) is 0. The summed E-state index contributed by atoms with van der Waals surface area (Å²) in [7, 11) is 0. The molecular formula is C24H35IO5. The maximum absolute atomic E-state index is 12.6. The third kappa shape index (κ3) is 5.67. The van der Waals surface area contributed by atoms with Crippen LogP contribution >= 0.6 is 22.6 Å². The fraction of sp³-hybridized carbons (Fsp3) is 0.750. The van der Waals surface area contributed by atoms with E-state index in [1.54, 1.807) is 0 Å². The van der Waals surface area contributed by atoms with Crippen molar-refractivity contribution in [3.05, 3.63) is 23.8 Å². The second kappa shape index (κ2) is 10.6. The molecule has 1 fully saturated rings. The Morgan fingerprint density at radius 2 is 2.13 bits per heavy atom. The summed E-state index contributed by atoms with van der Waals surface area (Å²) in [4.78, 5) is 24.3. The van der Waals surface area contributed by atoms with Gasteiger partial charge < -0.3 is 14.6 Å². The van der Waals surface area contributed by atoms with Crippen molar-refractivity contribution in [2.45, 2.75) is 77.6 Å². The Balaban J connectivity index is 1.77. The molecule has 1 saturated heterocycles. The minimum atomic E-state index is -0.598. The first-order valence-electron chi connectivity index (χ1n) is 11.4. The molecule has 6 heteroatoms. The van der Waals surface area contributed by atoms with Crippen molar-refractivity contribution in [2.24, 2.45) is 29.6 Å². The van der Waals surface area contributed by atoms with Gasteiger partial charge in [0.25, 0.3) is 0 Å². The van der Waals surface area contributed by atoms with Gasteiger partial charge in [-0.15, -0.1) is 0 Å². The molecule has 8 atom stereocenters. The van der Waals surface area contributed by atoms with Gasteiger partial charge in [0.2, 0.25) is 0 Å². The number of rotatable bonds is 7. The standard InChI is InChI=1S/C24H35IO5/c1-4-14(2)24(28)30-21-10-16(13-25)9-17-6-5-15(3)20(23(17)21)8-7-19-11-18(26)12-22(27)29-19/h5-6,9,14-16,18-21,23,26H,4,7-8,10-13H2,1-3H3. The molecule has 0 radical (unpaired) electrons. The number of fused-ring (bicyclic) bond motifs is 1. The van der Waals surface area contributed by atoms with Crippen molar-refractivity contribution in [3.63, 3.8) is 0 Å². The van der Waals surface area contributed by atoms with E-state index in [1.165, 1.54) is 5.57 Å². The topological polar surface area (TPSA) is 72.8 Å². The van der Waals surface area contributed by atoms with Crippen LogP contribution in [0.1, 0.15) is 59.3 Å². The Hall–Kier alpha value is -0.890. The van der Waals surface area contributed by atoms with E-state index >= 15 is 0 Å². The normalized spacial score (nSPS) is 37.0. The van der Waals surface area contributed by atoms with Gasteiger partial charge in [0.15, 0.2) is 0 Å². The number of esters is 2. The summed E-state index contributed by atoms with van der Waals surface area (Å²) in [5.74, 6) is 0.790. The van der Waals surface area contributed by atoms with Crippen molar-refractivity contribution < 1.29 is 24.2 Å². The van der Waals surface area contributed by atoms with E-state index in [1.807, 2.05) is 13.8 Å². The van der Waals surface area contributed by atoms with Gasteiger partial charge in [0.05, 0.1) is 18.4 Å². The fourth-order valence-corrected chi connectivity index (χ4v) is 5.67. The van der Waals surface area contributed by atoms with E-state index in [2.05, 4.69) is 47.7 Å². The zero-order valence-electron chi connectivity index (χ0n) is 18.3. The Bertz CT molecular complexity index is 687. The van der Waals surface area contributed by atoms with Crippen LogP contribution in [0.4, 0.5) is 0 Å². The van der Waals surface area contributed by atoms with Crippen molar-refractivity contribution in [1.29, 1.82) is 0 Å². The molecule has 0 aromatic rings. The molecule has 2 aliphatic carbocycles. The summed E-state index contributed by atoms with van der Waals surface area (Å²) in [6.45, 7) is 6.17. The van der Waals surface area contributed by atoms with Gasteiger partial charge in [0.1, 0.15) is 12.2 Å². The number of ether oxygens (including phenoxy) is 2. The minimum absolute atomic E-state index is 0.0875. The lowest BCUT2D eigenvalue weighted by Crippen LogP contribution is -2.42. The quantitative estimate of drug-likeness (QED) is 0.296. The molecule has 1 heterocycles. The predicted octanol–water partition coefficient (Wildman–Crippen LogP) is 4.61. The zero-order valence-corrected chi connectivity index (χ0v) is 20.4. The van der Waals surface area contributed by atoms with Crippen LogP contribution in [0.15, 0.2) is 23.8 Å². The van der Waals surface area contributed by atoms with Gasteiger partial charge in [-0.1, -0.05) is 61.6 Å². The van der Waals surface area contributed by atoms with E-state index in [0.717, 1.165) is 30.1 Å². The van der Waals surface area contributed by atoms with Crippen LogP contribution in [0.25, 0.3) is 0 Å². The van der Waals surface area contributed by atoms with Gasteiger partial charge in [-0.3, -0.25) is 9.59 Å². The molecular weight excluding hydrogens is 495 g/mol. The van der Waals surface area contributed by atoms with Crippen molar-refractivity contribution in [3.8, 4) is 0 Å². The van der Waals surface area contributed by atoms with Crippen molar-refractivity contribution in [2.75, 3.05) is 4.43 Å². The summed E-state index contributed by atoms with van der Waals surface area (Å²) in [5.41, 5.74) is 1.29. The highest BCUT2D eigenvalue weighted by atomic mass is 127. The van der Waals surface area contributed by atoms with Gasteiger partial charge in [-0.25, -0.2) is 0 Å². The van der Waals surface area contributed by atoms with Crippen LogP contribution in [-0.2, 0) is 19.1 Å². The Labute approximate surface area is 193 Å². The van der Waals surface area contributed by atoms with Crippen molar-refractivity contribution in [1.82, 2.24) is 0 Å². The Morgan fingerprint density at radius 3 is 2.80 bits per heavy atom. The number of hydrogen-bond donors (Lipinski definition) is 1. The van der Waals surface area contributed by atoms with Crippen LogP contribution in [0.3, 0.4) is 0 Å². The van der Waals surface area contributed by atoms with Crippen LogP contribution in [0, 0.1) is 29.6 Å². The smallest absolute Gasteiger partial charge is 0.308 e. The number of alkyl halides is 1. The van der Waals surface area contributed by atoms with Gasteiger partial charge in [-0.2, -0.15) is 0 Å². The number of halogens is 1. The lowest BCUT2D eigenvalue weighted by molar-refractivity contribution is -0.162. The second-order valence-electron chi connectivity index (χ2n) is 9.29. The molecule has 5 nitrogen and oxygen atoms in total. The van der Waals surface area contributed by atoms with E-state index in [4.69, 9.17) is 9.47 Å². The molecule has 0 aromatic carbocycles. The average molecular weight is 530 g/mol. The van der Waals surface area contributed by atoms with E-state index in [0.29, 0.717) is 24.2 Å². The van der Waals surface area contributed by atoms with Crippen LogP contribution in [-0.4, -0.2) is 39.8 Å². The van der Waals surface area contributed by atoms with Crippen molar-refractivity contribution >= 4 is 34.5 Å². The average Bonchev–Trinajstić information content (AvgIpc) is 2.71. The third-order valence-electron chi connectivity index (χ3n) is 7.02. The fourth-order valence-electron chi connectivity index (χ4n) is 5.05. The number of aliphatic hydroxyl groups excluding tert-OH is 1. The zero-order chi connectivity index (χ0) is 21.8. The van der Waals surface area contributed by atoms with Gasteiger partial charge >= 0.3 is 11.9 Å². The summed E-state index contributed by atoms with van der Waals surface area (Å²) in [6.07, 6.45) is 9.79.